The van der Waals surface area contributed by atoms with E-state index in [0.717, 1.165) is 25.1 Å². The van der Waals surface area contributed by atoms with Crippen molar-refractivity contribution in [2.75, 3.05) is 24.3 Å². The SMILES string of the molecule is COc1cc(Nc2cc(C)[nH]n2)nc(N[C@@H]2C[C@H]3CC[C@@H](C2)N3CCC#N)n1. The molecule has 2 aliphatic heterocycles. The Kier molecular flexibility index (Phi) is 5.30. The van der Waals surface area contributed by atoms with E-state index in [1.54, 1.807) is 13.2 Å². The summed E-state index contributed by atoms with van der Waals surface area (Å²) in [7, 11) is 1.60. The summed E-state index contributed by atoms with van der Waals surface area (Å²) in [5.41, 5.74) is 0.973. The van der Waals surface area contributed by atoms with Gasteiger partial charge in [-0.3, -0.25) is 10.00 Å². The number of anilines is 3. The highest BCUT2D eigenvalue weighted by atomic mass is 16.5. The van der Waals surface area contributed by atoms with Crippen molar-refractivity contribution in [2.45, 2.75) is 57.2 Å². The normalized spacial score (nSPS) is 24.0. The van der Waals surface area contributed by atoms with Crippen molar-refractivity contribution in [1.82, 2.24) is 25.1 Å². The summed E-state index contributed by atoms with van der Waals surface area (Å²) < 4.78 is 5.35. The van der Waals surface area contributed by atoms with Crippen molar-refractivity contribution in [3.05, 3.63) is 17.8 Å². The van der Waals surface area contributed by atoms with Crippen LogP contribution in [-0.4, -0.2) is 56.8 Å². The van der Waals surface area contributed by atoms with Crippen LogP contribution in [0.2, 0.25) is 0 Å². The molecule has 9 heteroatoms. The van der Waals surface area contributed by atoms with Gasteiger partial charge in [-0.25, -0.2) is 0 Å². The minimum Gasteiger partial charge on any atom is -0.481 e. The molecule has 0 spiro atoms. The van der Waals surface area contributed by atoms with Crippen molar-refractivity contribution in [3.63, 3.8) is 0 Å². The highest BCUT2D eigenvalue weighted by Crippen LogP contribution is 2.36. The van der Waals surface area contributed by atoms with Crippen molar-refractivity contribution in [2.24, 2.45) is 0 Å². The first-order valence-corrected chi connectivity index (χ1v) is 9.76. The van der Waals surface area contributed by atoms with Crippen molar-refractivity contribution in [3.8, 4) is 11.9 Å². The number of nitrogens with one attached hydrogen (secondary N) is 3. The smallest absolute Gasteiger partial charge is 0.228 e. The van der Waals surface area contributed by atoms with Crippen LogP contribution < -0.4 is 15.4 Å². The number of nitrogens with zero attached hydrogens (tertiary/aromatic N) is 5. The fraction of sp³-hybridized carbons (Fsp3) is 0.579. The Labute approximate surface area is 164 Å². The number of nitriles is 1. The summed E-state index contributed by atoms with van der Waals surface area (Å²) in [6.07, 6.45) is 5.11. The van der Waals surface area contributed by atoms with Gasteiger partial charge in [-0.15, -0.1) is 0 Å². The first-order valence-electron chi connectivity index (χ1n) is 9.76. The minimum absolute atomic E-state index is 0.323. The van der Waals surface area contributed by atoms with Gasteiger partial charge >= 0.3 is 0 Å². The van der Waals surface area contributed by atoms with Crippen LogP contribution in [0.25, 0.3) is 0 Å². The molecule has 148 valence electrons. The molecule has 0 aromatic carbocycles. The number of methoxy groups -OCH3 is 1. The molecule has 0 amide bonds. The Morgan fingerprint density at radius 3 is 2.68 bits per heavy atom. The average molecular weight is 382 g/mol. The van der Waals surface area contributed by atoms with Crippen molar-refractivity contribution < 1.29 is 4.74 Å². The molecule has 2 aromatic heterocycles. The molecule has 2 aromatic rings. The van der Waals surface area contributed by atoms with E-state index in [1.807, 2.05) is 13.0 Å². The molecule has 28 heavy (non-hydrogen) atoms. The van der Waals surface area contributed by atoms with Crippen LogP contribution in [0.15, 0.2) is 12.1 Å². The largest absolute Gasteiger partial charge is 0.481 e. The molecule has 4 heterocycles. The second-order valence-electron chi connectivity index (χ2n) is 7.52. The molecule has 3 N–H and O–H groups in total. The third kappa shape index (κ3) is 4.02. The fourth-order valence-corrected chi connectivity index (χ4v) is 4.39. The summed E-state index contributed by atoms with van der Waals surface area (Å²) in [5.74, 6) is 2.40. The van der Waals surface area contributed by atoms with E-state index >= 15 is 0 Å². The summed E-state index contributed by atoms with van der Waals surface area (Å²) in [4.78, 5) is 11.6. The summed E-state index contributed by atoms with van der Waals surface area (Å²) in [5, 5.41) is 22.7. The van der Waals surface area contributed by atoms with E-state index in [0.29, 0.717) is 48.0 Å². The Morgan fingerprint density at radius 1 is 1.25 bits per heavy atom. The van der Waals surface area contributed by atoms with Gasteiger partial charge in [0.1, 0.15) is 5.82 Å². The topological polar surface area (TPSA) is 115 Å². The van der Waals surface area contributed by atoms with Gasteiger partial charge in [0, 0.05) is 48.9 Å². The molecule has 0 unspecified atom stereocenters. The van der Waals surface area contributed by atoms with Crippen LogP contribution >= 0.6 is 0 Å². The van der Waals surface area contributed by atoms with E-state index in [1.165, 1.54) is 12.8 Å². The standard InChI is InChI=1S/C19H26N8O/c1-12-8-17(26-25-12)22-16-11-18(28-2)24-19(23-16)21-13-9-14-4-5-15(10-13)27(14)7-3-6-20/h8,11,13-15H,3-5,7,9-10H2,1-2H3,(H3,21,22,23,24,25,26)/t13-,14-,15+. The predicted octanol–water partition coefficient (Wildman–Crippen LogP) is 2.58. The number of rotatable bonds is 7. The molecular weight excluding hydrogens is 356 g/mol. The van der Waals surface area contributed by atoms with E-state index in [-0.39, 0.29) is 0 Å². The van der Waals surface area contributed by atoms with Gasteiger partial charge in [-0.1, -0.05) is 0 Å². The predicted molar refractivity (Wildman–Crippen MR) is 106 cm³/mol. The number of aromatic amines is 1. The molecule has 0 saturated carbocycles. The number of fused-ring (bicyclic) bond motifs is 2. The molecule has 4 rings (SSSR count). The van der Waals surface area contributed by atoms with Crippen LogP contribution in [0.1, 0.15) is 37.8 Å². The highest BCUT2D eigenvalue weighted by Gasteiger charge is 2.40. The molecule has 9 nitrogen and oxygen atoms in total. The Balaban J connectivity index is 1.45. The number of H-pyrrole nitrogens is 1. The van der Waals surface area contributed by atoms with Crippen molar-refractivity contribution in [1.29, 1.82) is 5.26 Å². The Hall–Kier alpha value is -2.86. The second kappa shape index (κ2) is 8.02. The lowest BCUT2D eigenvalue weighted by Gasteiger charge is -2.38. The monoisotopic (exact) mass is 382 g/mol. The number of aryl methyl sites for hydroxylation is 1. The second-order valence-corrected chi connectivity index (χ2v) is 7.52. The van der Waals surface area contributed by atoms with Crippen LogP contribution in [0.4, 0.5) is 17.6 Å². The molecule has 0 radical (unpaired) electrons. The van der Waals surface area contributed by atoms with Gasteiger partial charge < -0.3 is 15.4 Å². The summed E-state index contributed by atoms with van der Waals surface area (Å²) in [6, 6.07) is 7.34. The summed E-state index contributed by atoms with van der Waals surface area (Å²) in [6.45, 7) is 2.83. The van der Waals surface area contributed by atoms with E-state index < -0.39 is 0 Å². The fourth-order valence-electron chi connectivity index (χ4n) is 4.39. The van der Waals surface area contributed by atoms with E-state index in [2.05, 4.69) is 41.8 Å². The number of aromatic nitrogens is 4. The lowest BCUT2D eigenvalue weighted by Crippen LogP contribution is -2.47. The molecule has 2 saturated heterocycles. The maximum Gasteiger partial charge on any atom is 0.228 e. The summed E-state index contributed by atoms with van der Waals surface area (Å²) >= 11 is 0. The highest BCUT2D eigenvalue weighted by molar-refractivity contribution is 5.55. The zero-order valence-electron chi connectivity index (χ0n) is 16.3. The molecular formula is C19H26N8O. The molecule has 3 atom stereocenters. The molecule has 2 aliphatic rings. The van der Waals surface area contributed by atoms with E-state index in [4.69, 9.17) is 10.00 Å². The number of piperidine rings is 1. The van der Waals surface area contributed by atoms with E-state index in [9.17, 15) is 0 Å². The van der Waals surface area contributed by atoms with Gasteiger partial charge in [0.05, 0.1) is 13.2 Å². The van der Waals surface area contributed by atoms with Gasteiger partial charge in [0.15, 0.2) is 5.82 Å². The third-order valence-corrected chi connectivity index (χ3v) is 5.57. The maximum absolute atomic E-state index is 8.89. The zero-order chi connectivity index (χ0) is 19.5. The molecule has 0 aliphatic carbocycles. The first kappa shape index (κ1) is 18.5. The van der Waals surface area contributed by atoms with Crippen LogP contribution in [0.3, 0.4) is 0 Å². The average Bonchev–Trinajstić information content (AvgIpc) is 3.19. The number of hydrogen-bond acceptors (Lipinski definition) is 8. The van der Waals surface area contributed by atoms with Crippen LogP contribution in [-0.2, 0) is 0 Å². The van der Waals surface area contributed by atoms with Crippen LogP contribution in [0.5, 0.6) is 5.88 Å². The van der Waals surface area contributed by atoms with Gasteiger partial charge in [-0.2, -0.15) is 20.3 Å². The number of ether oxygens (including phenoxy) is 1. The Morgan fingerprint density at radius 2 is 2.04 bits per heavy atom. The lowest BCUT2D eigenvalue weighted by molar-refractivity contribution is 0.135. The number of hydrogen-bond donors (Lipinski definition) is 3. The minimum atomic E-state index is 0.323. The van der Waals surface area contributed by atoms with Gasteiger partial charge in [-0.05, 0) is 32.6 Å². The first-order chi connectivity index (χ1) is 13.6. The Bertz CT molecular complexity index is 846. The lowest BCUT2D eigenvalue weighted by atomic mass is 9.97. The molecule has 2 fully saturated rings. The van der Waals surface area contributed by atoms with Gasteiger partial charge in [0.2, 0.25) is 11.8 Å². The van der Waals surface area contributed by atoms with Gasteiger partial charge in [0.25, 0.3) is 0 Å². The third-order valence-electron chi connectivity index (χ3n) is 5.57. The quantitative estimate of drug-likeness (QED) is 0.669. The maximum atomic E-state index is 8.89. The molecule has 2 bridgehead atoms. The zero-order valence-corrected chi connectivity index (χ0v) is 16.3. The van der Waals surface area contributed by atoms with Crippen molar-refractivity contribution >= 4 is 17.6 Å². The van der Waals surface area contributed by atoms with Crippen LogP contribution in [0, 0.1) is 18.3 Å².